The van der Waals surface area contributed by atoms with Crippen LogP contribution in [0.15, 0.2) is 21.9 Å². The van der Waals surface area contributed by atoms with E-state index in [1.165, 1.54) is 0 Å². The maximum atomic E-state index is 6.11. The van der Waals surface area contributed by atoms with Gasteiger partial charge in [-0.3, -0.25) is 4.99 Å². The lowest BCUT2D eigenvalue weighted by atomic mass is 10.00. The van der Waals surface area contributed by atoms with Gasteiger partial charge in [-0.2, -0.15) is 0 Å². The summed E-state index contributed by atoms with van der Waals surface area (Å²) in [6.07, 6.45) is 3.48. The van der Waals surface area contributed by atoms with Crippen LogP contribution in [-0.4, -0.2) is 35.9 Å². The molecule has 0 aliphatic carbocycles. The maximum Gasteiger partial charge on any atom is 0.230 e. The van der Waals surface area contributed by atoms with Crippen molar-refractivity contribution in [3.8, 4) is 0 Å². The summed E-state index contributed by atoms with van der Waals surface area (Å²) in [5.41, 5.74) is 6.48. The van der Waals surface area contributed by atoms with Gasteiger partial charge < -0.3 is 10.5 Å². The first-order valence-electron chi connectivity index (χ1n) is 4.48. The molecule has 2 aliphatic heterocycles. The van der Waals surface area contributed by atoms with Gasteiger partial charge in [0.25, 0.3) is 0 Å². The van der Waals surface area contributed by atoms with E-state index in [0.717, 1.165) is 5.70 Å². The molecule has 0 fully saturated rings. The number of nitrogens with two attached hydrogens (primary N) is 1. The number of aliphatic imine (C=N–C) groups is 1. The summed E-state index contributed by atoms with van der Waals surface area (Å²) >= 11 is 0. The number of halogens is 1. The molecule has 0 bridgehead atoms. The Bertz CT molecular complexity index is 348. The van der Waals surface area contributed by atoms with E-state index >= 15 is 0 Å². The minimum absolute atomic E-state index is 0. The highest BCUT2D eigenvalue weighted by atomic mass is 35.5. The van der Waals surface area contributed by atoms with Gasteiger partial charge in [-0.05, 0) is 19.9 Å². The standard InChI is InChI=1S/C9H14N4O.ClH/c1-6-4-5-11-7-9(2,10)8(14-3)12-13(6)7;/h4-5,7H,10H2,1-3H3;1H. The lowest BCUT2D eigenvalue weighted by molar-refractivity contribution is 0.244. The predicted molar refractivity (Wildman–Crippen MR) is 62.2 cm³/mol. The zero-order chi connectivity index (χ0) is 10.3. The van der Waals surface area contributed by atoms with Gasteiger partial charge in [0.05, 0.1) is 7.11 Å². The number of rotatable bonds is 0. The second-order valence-electron chi connectivity index (χ2n) is 3.72. The number of hydrogen-bond acceptors (Lipinski definition) is 5. The summed E-state index contributed by atoms with van der Waals surface area (Å²) in [4.78, 5) is 4.30. The normalized spacial score (nSPS) is 32.8. The van der Waals surface area contributed by atoms with Crippen LogP contribution in [0.2, 0.25) is 0 Å². The van der Waals surface area contributed by atoms with Crippen LogP contribution in [0.4, 0.5) is 0 Å². The van der Waals surface area contributed by atoms with Crippen LogP contribution >= 0.6 is 12.4 Å². The molecular formula is C9H15ClN4O. The van der Waals surface area contributed by atoms with E-state index < -0.39 is 5.54 Å². The number of methoxy groups -OCH3 is 1. The largest absolute Gasteiger partial charge is 0.482 e. The Morgan fingerprint density at radius 1 is 1.60 bits per heavy atom. The molecule has 6 heteroatoms. The lowest BCUT2D eigenvalue weighted by Gasteiger charge is -2.30. The van der Waals surface area contributed by atoms with E-state index in [1.54, 1.807) is 18.3 Å². The van der Waals surface area contributed by atoms with Crippen molar-refractivity contribution in [3.63, 3.8) is 0 Å². The molecule has 5 nitrogen and oxygen atoms in total. The zero-order valence-corrected chi connectivity index (χ0v) is 9.78. The number of ether oxygens (including phenoxy) is 1. The Morgan fingerprint density at radius 2 is 2.27 bits per heavy atom. The van der Waals surface area contributed by atoms with E-state index in [2.05, 4.69) is 10.1 Å². The molecule has 84 valence electrons. The van der Waals surface area contributed by atoms with Gasteiger partial charge in [0.15, 0.2) is 6.17 Å². The topological polar surface area (TPSA) is 63.2 Å². The van der Waals surface area contributed by atoms with Gasteiger partial charge in [-0.25, -0.2) is 5.01 Å². The third-order valence-electron chi connectivity index (χ3n) is 2.53. The van der Waals surface area contributed by atoms with Crippen LogP contribution in [-0.2, 0) is 4.74 Å². The Kier molecular flexibility index (Phi) is 3.06. The molecule has 2 unspecified atom stereocenters. The van der Waals surface area contributed by atoms with Crippen molar-refractivity contribution in [2.24, 2.45) is 15.8 Å². The van der Waals surface area contributed by atoms with Crippen LogP contribution in [0.5, 0.6) is 0 Å². The molecule has 2 aliphatic rings. The van der Waals surface area contributed by atoms with Gasteiger partial charge in [0.2, 0.25) is 5.90 Å². The van der Waals surface area contributed by atoms with Crippen molar-refractivity contribution in [1.82, 2.24) is 5.01 Å². The molecule has 2 heterocycles. The highest BCUT2D eigenvalue weighted by Crippen LogP contribution is 2.30. The molecular weight excluding hydrogens is 216 g/mol. The van der Waals surface area contributed by atoms with Gasteiger partial charge in [-0.1, -0.05) is 0 Å². The number of allylic oxidation sites excluding steroid dienone is 2. The van der Waals surface area contributed by atoms with Crippen LogP contribution in [0, 0.1) is 0 Å². The van der Waals surface area contributed by atoms with Crippen molar-refractivity contribution >= 4 is 24.5 Å². The molecule has 0 aromatic carbocycles. The first-order valence-corrected chi connectivity index (χ1v) is 4.48. The average molecular weight is 231 g/mol. The second kappa shape index (κ2) is 3.83. The third-order valence-corrected chi connectivity index (χ3v) is 2.53. The smallest absolute Gasteiger partial charge is 0.230 e. The zero-order valence-electron chi connectivity index (χ0n) is 8.97. The van der Waals surface area contributed by atoms with E-state index in [1.807, 2.05) is 19.9 Å². The fourth-order valence-corrected chi connectivity index (χ4v) is 1.68. The van der Waals surface area contributed by atoms with Gasteiger partial charge >= 0.3 is 0 Å². The summed E-state index contributed by atoms with van der Waals surface area (Å²) in [6, 6.07) is 0. The van der Waals surface area contributed by atoms with Gasteiger partial charge in [0, 0.05) is 11.9 Å². The number of fused-ring (bicyclic) bond motifs is 1. The molecule has 15 heavy (non-hydrogen) atoms. The minimum Gasteiger partial charge on any atom is -0.482 e. The second-order valence-corrected chi connectivity index (χ2v) is 3.72. The monoisotopic (exact) mass is 230 g/mol. The van der Waals surface area contributed by atoms with Crippen LogP contribution in [0.1, 0.15) is 13.8 Å². The molecule has 0 radical (unpaired) electrons. The first-order chi connectivity index (χ1) is 6.57. The van der Waals surface area contributed by atoms with Gasteiger partial charge in [0.1, 0.15) is 5.54 Å². The van der Waals surface area contributed by atoms with Crippen molar-refractivity contribution in [2.45, 2.75) is 25.6 Å². The van der Waals surface area contributed by atoms with Crippen molar-refractivity contribution in [2.75, 3.05) is 7.11 Å². The van der Waals surface area contributed by atoms with Gasteiger partial charge in [-0.15, -0.1) is 17.5 Å². The molecule has 0 aromatic rings. The van der Waals surface area contributed by atoms with Crippen molar-refractivity contribution in [1.29, 1.82) is 0 Å². The van der Waals surface area contributed by atoms with Crippen LogP contribution in [0.25, 0.3) is 0 Å². The highest BCUT2D eigenvalue weighted by Gasteiger charge is 2.47. The quantitative estimate of drug-likeness (QED) is 0.667. The Balaban J connectivity index is 0.00000112. The van der Waals surface area contributed by atoms with Crippen LogP contribution < -0.4 is 5.73 Å². The fraction of sp³-hybridized carbons (Fsp3) is 0.556. The summed E-state index contributed by atoms with van der Waals surface area (Å²) in [5.74, 6) is 0.523. The fourth-order valence-electron chi connectivity index (χ4n) is 1.68. The molecule has 0 spiro atoms. The van der Waals surface area contributed by atoms with E-state index in [0.29, 0.717) is 5.90 Å². The Hall–Kier alpha value is -1.07. The molecule has 0 saturated heterocycles. The van der Waals surface area contributed by atoms with Crippen molar-refractivity contribution < 1.29 is 4.74 Å². The maximum absolute atomic E-state index is 6.11. The molecule has 2 rings (SSSR count). The van der Waals surface area contributed by atoms with Crippen LogP contribution in [0.3, 0.4) is 0 Å². The summed E-state index contributed by atoms with van der Waals surface area (Å²) in [6.45, 7) is 3.84. The lowest BCUT2D eigenvalue weighted by Crippen LogP contribution is -2.54. The molecule has 0 saturated carbocycles. The molecule has 0 aromatic heterocycles. The summed E-state index contributed by atoms with van der Waals surface area (Å²) in [7, 11) is 1.57. The molecule has 0 amide bonds. The number of hydrazone groups is 1. The molecule has 2 N–H and O–H groups in total. The number of hydrogen-bond donors (Lipinski definition) is 1. The van der Waals surface area contributed by atoms with E-state index in [9.17, 15) is 0 Å². The SMILES string of the molecule is COC1=NN2C(C)=CC=NC2C1(C)N.Cl. The summed E-state index contributed by atoms with van der Waals surface area (Å²) < 4.78 is 5.15. The van der Waals surface area contributed by atoms with E-state index in [-0.39, 0.29) is 18.6 Å². The Labute approximate surface area is 95.1 Å². The molecule has 2 atom stereocenters. The summed E-state index contributed by atoms with van der Waals surface area (Å²) in [5, 5.41) is 6.07. The number of nitrogens with zero attached hydrogens (tertiary/aromatic N) is 3. The third kappa shape index (κ3) is 1.61. The Morgan fingerprint density at radius 3 is 2.80 bits per heavy atom. The average Bonchev–Trinajstić information content (AvgIpc) is 2.40. The first kappa shape index (κ1) is 12.0. The highest BCUT2D eigenvalue weighted by molar-refractivity contribution is 5.89. The predicted octanol–water partition coefficient (Wildman–Crippen LogP) is 0.715. The minimum atomic E-state index is -0.652. The van der Waals surface area contributed by atoms with Crippen molar-refractivity contribution in [3.05, 3.63) is 11.8 Å². The van der Waals surface area contributed by atoms with E-state index in [4.69, 9.17) is 10.5 Å².